The predicted octanol–water partition coefficient (Wildman–Crippen LogP) is 1.22. The van der Waals surface area contributed by atoms with Crippen LogP contribution in [0.15, 0.2) is 30.3 Å². The average molecular weight is 431 g/mol. The van der Waals surface area contributed by atoms with Crippen LogP contribution in [0, 0.1) is 0 Å². The molecule has 0 aromatic heterocycles. The minimum Gasteiger partial charge on any atom is -0.475 e. The van der Waals surface area contributed by atoms with Gasteiger partial charge in [-0.05, 0) is 25.6 Å². The summed E-state index contributed by atoms with van der Waals surface area (Å²) in [5.74, 6) is -2.64. The van der Waals surface area contributed by atoms with E-state index in [1.165, 1.54) is 7.11 Å². The summed E-state index contributed by atoms with van der Waals surface area (Å²) < 4.78 is 36.7. The van der Waals surface area contributed by atoms with Gasteiger partial charge in [-0.3, -0.25) is 14.5 Å². The van der Waals surface area contributed by atoms with E-state index in [0.717, 1.165) is 12.1 Å². The summed E-state index contributed by atoms with van der Waals surface area (Å²) in [5, 5.41) is 7.12. The Kier molecular flexibility index (Phi) is 7.43. The van der Waals surface area contributed by atoms with Gasteiger partial charge in [0.2, 0.25) is 11.8 Å². The molecule has 3 rings (SSSR count). The number of methoxy groups -OCH3 is 1. The first kappa shape index (κ1) is 23.6. The first-order valence-corrected chi connectivity index (χ1v) is 9.13. The van der Waals surface area contributed by atoms with Gasteiger partial charge < -0.3 is 19.6 Å². The molecule has 1 aromatic rings. The highest BCUT2D eigenvalue weighted by atomic mass is 19.4. The molecule has 1 unspecified atom stereocenters. The van der Waals surface area contributed by atoms with Gasteiger partial charge in [0.05, 0.1) is 12.1 Å². The third-order valence-corrected chi connectivity index (χ3v) is 5.20. The van der Waals surface area contributed by atoms with Crippen molar-refractivity contribution < 1.29 is 37.4 Å². The van der Waals surface area contributed by atoms with Crippen LogP contribution in [0.1, 0.15) is 6.42 Å². The lowest BCUT2D eigenvalue weighted by atomic mass is 9.92. The number of benzene rings is 1. The number of piperazine rings is 1. The van der Waals surface area contributed by atoms with Crippen molar-refractivity contribution in [2.24, 2.45) is 0 Å². The molecule has 2 amide bonds. The number of aliphatic carboxylic acids is 1. The van der Waals surface area contributed by atoms with Gasteiger partial charge in [-0.25, -0.2) is 4.79 Å². The minimum atomic E-state index is -5.08. The number of carbonyl (C=O) groups is 3. The third kappa shape index (κ3) is 5.48. The number of para-hydroxylation sites is 1. The lowest BCUT2D eigenvalue weighted by Crippen LogP contribution is -2.64. The molecule has 166 valence electrons. The molecule has 0 bridgehead atoms. The highest BCUT2D eigenvalue weighted by Gasteiger charge is 2.48. The quantitative estimate of drug-likeness (QED) is 0.774. The molecule has 2 fully saturated rings. The van der Waals surface area contributed by atoms with Crippen molar-refractivity contribution in [3.05, 3.63) is 30.3 Å². The van der Waals surface area contributed by atoms with Crippen molar-refractivity contribution in [3.8, 4) is 0 Å². The zero-order chi connectivity index (χ0) is 22.5. The van der Waals surface area contributed by atoms with Crippen LogP contribution in [-0.4, -0.2) is 91.3 Å². The molecule has 2 heterocycles. The monoisotopic (exact) mass is 431 g/mol. The zero-order valence-corrected chi connectivity index (χ0v) is 16.7. The number of rotatable bonds is 3. The number of carboxylic acid groups (broad SMARTS) is 1. The molecule has 11 heteroatoms. The molecule has 30 heavy (non-hydrogen) atoms. The first-order valence-electron chi connectivity index (χ1n) is 9.13. The summed E-state index contributed by atoms with van der Waals surface area (Å²) in [6.45, 7) is 2.46. The predicted molar refractivity (Wildman–Crippen MR) is 101 cm³/mol. The Morgan fingerprint density at radius 3 is 2.33 bits per heavy atom. The summed E-state index contributed by atoms with van der Waals surface area (Å²) in [6.07, 6.45) is -4.21. The molecule has 8 nitrogen and oxygen atoms in total. The van der Waals surface area contributed by atoms with E-state index < -0.39 is 12.1 Å². The van der Waals surface area contributed by atoms with Crippen LogP contribution >= 0.6 is 0 Å². The number of anilines is 1. The second-order valence-electron chi connectivity index (χ2n) is 7.20. The highest BCUT2D eigenvalue weighted by molar-refractivity contribution is 5.96. The van der Waals surface area contributed by atoms with Gasteiger partial charge in [0.1, 0.15) is 6.61 Å². The SMILES string of the molecule is COCC(=O)N1CCC2(C1)CN(c1ccccc1)C(=O)CN2C.O=C(O)C(F)(F)F. The van der Waals surface area contributed by atoms with Crippen LogP contribution in [0.2, 0.25) is 0 Å². The van der Waals surface area contributed by atoms with Crippen LogP contribution in [0.5, 0.6) is 0 Å². The van der Waals surface area contributed by atoms with Crippen LogP contribution < -0.4 is 4.90 Å². The number of ether oxygens (including phenoxy) is 1. The fraction of sp³-hybridized carbons (Fsp3) is 0.526. The lowest BCUT2D eigenvalue weighted by Gasteiger charge is -2.46. The largest absolute Gasteiger partial charge is 0.490 e. The number of nitrogens with zero attached hydrogens (tertiary/aromatic N) is 3. The minimum absolute atomic E-state index is 0.0148. The Balaban J connectivity index is 0.000000396. The Hall–Kier alpha value is -2.66. The number of alkyl halides is 3. The fourth-order valence-corrected chi connectivity index (χ4v) is 3.53. The Morgan fingerprint density at radius 1 is 1.20 bits per heavy atom. The van der Waals surface area contributed by atoms with E-state index in [9.17, 15) is 22.8 Å². The van der Waals surface area contributed by atoms with Crippen molar-refractivity contribution in [1.29, 1.82) is 0 Å². The first-order chi connectivity index (χ1) is 14.0. The summed E-state index contributed by atoms with van der Waals surface area (Å²) in [4.78, 5) is 39.2. The Morgan fingerprint density at radius 2 is 1.80 bits per heavy atom. The standard InChI is InChI=1S/C17H23N3O3.C2HF3O2/c1-18-10-15(21)20(14-6-4-3-5-7-14)13-17(18)8-9-19(12-17)16(22)11-23-2;3-2(4,5)1(6)7/h3-7H,8-13H2,1-2H3;(H,6,7). The van der Waals surface area contributed by atoms with E-state index in [-0.39, 0.29) is 24.0 Å². The molecule has 2 aliphatic heterocycles. The van der Waals surface area contributed by atoms with E-state index in [1.807, 2.05) is 47.2 Å². The fourth-order valence-electron chi connectivity index (χ4n) is 3.53. The van der Waals surface area contributed by atoms with Crippen molar-refractivity contribution in [1.82, 2.24) is 9.80 Å². The van der Waals surface area contributed by atoms with Crippen LogP contribution in [0.4, 0.5) is 18.9 Å². The molecule has 1 spiro atoms. The van der Waals surface area contributed by atoms with Crippen molar-refractivity contribution in [2.45, 2.75) is 18.1 Å². The van der Waals surface area contributed by atoms with E-state index in [2.05, 4.69) is 4.90 Å². The summed E-state index contributed by atoms with van der Waals surface area (Å²) in [5.41, 5.74) is 0.749. The number of likely N-dealkylation sites (tertiary alicyclic amines) is 1. The molecule has 1 N–H and O–H groups in total. The van der Waals surface area contributed by atoms with Crippen LogP contribution in [0.3, 0.4) is 0 Å². The highest BCUT2D eigenvalue weighted by Crippen LogP contribution is 2.33. The molecule has 1 aromatic carbocycles. The Labute approximate surface area is 171 Å². The van der Waals surface area contributed by atoms with E-state index in [0.29, 0.717) is 26.2 Å². The number of carbonyl (C=O) groups excluding carboxylic acids is 2. The van der Waals surface area contributed by atoms with Crippen molar-refractivity contribution in [3.63, 3.8) is 0 Å². The maximum atomic E-state index is 12.4. The maximum Gasteiger partial charge on any atom is 0.490 e. The van der Waals surface area contributed by atoms with Gasteiger partial charge in [0.15, 0.2) is 0 Å². The van der Waals surface area contributed by atoms with Crippen molar-refractivity contribution >= 4 is 23.5 Å². The van der Waals surface area contributed by atoms with Gasteiger partial charge >= 0.3 is 12.1 Å². The molecule has 0 aliphatic carbocycles. The molecular weight excluding hydrogens is 407 g/mol. The smallest absolute Gasteiger partial charge is 0.475 e. The molecule has 0 radical (unpaired) electrons. The molecular formula is C19H24F3N3O5. The van der Waals surface area contributed by atoms with E-state index in [1.54, 1.807) is 0 Å². The second kappa shape index (κ2) is 9.43. The summed E-state index contributed by atoms with van der Waals surface area (Å²) in [7, 11) is 3.51. The van der Waals surface area contributed by atoms with Gasteiger partial charge in [-0.15, -0.1) is 0 Å². The number of hydrogen-bond donors (Lipinski definition) is 1. The number of amides is 2. The molecule has 0 saturated carbocycles. The average Bonchev–Trinajstić information content (AvgIpc) is 3.11. The molecule has 2 aliphatic rings. The third-order valence-electron chi connectivity index (χ3n) is 5.20. The summed E-state index contributed by atoms with van der Waals surface area (Å²) >= 11 is 0. The number of likely N-dealkylation sites (N-methyl/N-ethyl adjacent to an activating group) is 1. The van der Waals surface area contributed by atoms with Gasteiger partial charge in [0, 0.05) is 32.4 Å². The van der Waals surface area contributed by atoms with Gasteiger partial charge in [0.25, 0.3) is 0 Å². The van der Waals surface area contributed by atoms with Crippen LogP contribution in [-0.2, 0) is 19.1 Å². The van der Waals surface area contributed by atoms with E-state index in [4.69, 9.17) is 14.6 Å². The lowest BCUT2D eigenvalue weighted by molar-refractivity contribution is -0.192. The van der Waals surface area contributed by atoms with Crippen LogP contribution in [0.25, 0.3) is 0 Å². The Bertz CT molecular complexity index is 774. The second-order valence-corrected chi connectivity index (χ2v) is 7.20. The number of hydrogen-bond acceptors (Lipinski definition) is 5. The van der Waals surface area contributed by atoms with Gasteiger partial charge in [-0.2, -0.15) is 13.2 Å². The zero-order valence-electron chi connectivity index (χ0n) is 16.7. The van der Waals surface area contributed by atoms with E-state index >= 15 is 0 Å². The van der Waals surface area contributed by atoms with Gasteiger partial charge in [-0.1, -0.05) is 18.2 Å². The number of carboxylic acids is 1. The van der Waals surface area contributed by atoms with Crippen molar-refractivity contribution in [2.75, 3.05) is 51.8 Å². The normalized spacial score (nSPS) is 22.1. The topological polar surface area (TPSA) is 90.4 Å². The summed E-state index contributed by atoms with van der Waals surface area (Å²) in [6, 6.07) is 9.74. The molecule has 2 saturated heterocycles. The maximum absolute atomic E-state index is 12.4. The number of halogens is 3. The molecule has 1 atom stereocenters.